The number of carboxylic acid groups (broad SMARTS) is 1. The zero-order valence-electron chi connectivity index (χ0n) is 33.0. The second kappa shape index (κ2) is 18.4. The number of hydrogen-bond donors (Lipinski definition) is 2. The van der Waals surface area contributed by atoms with Crippen LogP contribution in [-0.2, 0) is 45.1 Å². The quantitative estimate of drug-likeness (QED) is 0.103. The molecule has 3 aliphatic rings. The van der Waals surface area contributed by atoms with Crippen LogP contribution in [-0.4, -0.2) is 67.8 Å². The number of rotatable bonds is 13. The second-order valence-corrected chi connectivity index (χ2v) is 15.1. The normalized spacial score (nSPS) is 15.2. The van der Waals surface area contributed by atoms with E-state index in [-0.39, 0.29) is 88.6 Å². The molecule has 13 heteroatoms. The molecular formula is C43H47N6O5SZn-3. The fourth-order valence-corrected chi connectivity index (χ4v) is 8.17. The summed E-state index contributed by atoms with van der Waals surface area (Å²) >= 11 is 1.46. The molecule has 0 radical (unpaired) electrons. The first-order chi connectivity index (χ1) is 25.8. The predicted molar refractivity (Wildman–Crippen MR) is 222 cm³/mol. The van der Waals surface area contributed by atoms with E-state index in [0.29, 0.717) is 34.5 Å². The van der Waals surface area contributed by atoms with Crippen LogP contribution in [0.5, 0.6) is 0 Å². The van der Waals surface area contributed by atoms with Crippen molar-refractivity contribution in [3.63, 3.8) is 0 Å². The second-order valence-electron chi connectivity index (χ2n) is 13.6. The Morgan fingerprint density at radius 3 is 2.20 bits per heavy atom. The number of amides is 3. The zero-order valence-corrected chi connectivity index (χ0v) is 36.8. The number of aromatic nitrogens is 4. The molecule has 3 aromatic heterocycles. The number of likely N-dealkylation sites (tertiary alicyclic amines) is 1. The van der Waals surface area contributed by atoms with E-state index in [1.54, 1.807) is 12.2 Å². The van der Waals surface area contributed by atoms with Crippen molar-refractivity contribution in [2.24, 2.45) is 0 Å². The number of allylic oxidation sites excluding steroid dienone is 5. The van der Waals surface area contributed by atoms with Crippen LogP contribution in [0.4, 0.5) is 0 Å². The number of nitrogens with zero attached hydrogens (tertiary/aromatic N) is 5. The number of carboxylic acids is 1. The molecule has 0 spiro atoms. The smallest absolute Gasteiger partial charge is 0.303 e. The Morgan fingerprint density at radius 1 is 0.893 bits per heavy atom. The molecule has 1 atom stereocenters. The summed E-state index contributed by atoms with van der Waals surface area (Å²) in [6, 6.07) is 7.68. The van der Waals surface area contributed by atoms with Gasteiger partial charge >= 0.3 is 5.97 Å². The van der Waals surface area contributed by atoms with Crippen LogP contribution in [0.1, 0.15) is 91.5 Å². The van der Waals surface area contributed by atoms with Gasteiger partial charge in [-0.15, -0.1) is 33.8 Å². The molecule has 1 unspecified atom stereocenters. The van der Waals surface area contributed by atoms with Crippen molar-refractivity contribution in [2.45, 2.75) is 72.0 Å². The molecule has 3 aliphatic heterocycles. The first-order valence-electron chi connectivity index (χ1n) is 18.1. The third-order valence-electron chi connectivity index (χ3n) is 10.3. The Balaban J connectivity index is 0.00000348. The molecule has 0 aromatic carbocycles. The number of imide groups is 1. The predicted octanol–water partition coefficient (Wildman–Crippen LogP) is 7.12. The van der Waals surface area contributed by atoms with Gasteiger partial charge in [0.15, 0.2) is 0 Å². The van der Waals surface area contributed by atoms with Crippen molar-refractivity contribution in [3.8, 4) is 0 Å². The number of aryl methyl sites for hydroxylation is 3. The van der Waals surface area contributed by atoms with Crippen molar-refractivity contribution in [3.05, 3.63) is 96.0 Å². The first-order valence-corrected chi connectivity index (χ1v) is 19.1. The SMILES string of the molecule is C=CC1=C(C)c2cc3[n-]c(cc4nc(cc5[n-]c(cc1n2)c(C)c5CCC(=O)NCCN1C(=O)CC(SCC)C1=O)C(CCC(=O)O)=C4C)c(C)c3C=C.[CH3-].[Zn]. The molecule has 3 aromatic rings. The number of carbonyl (C=O) groups excluding carboxylic acids is 3. The van der Waals surface area contributed by atoms with Crippen molar-refractivity contribution in [1.29, 1.82) is 0 Å². The number of nitrogens with one attached hydrogen (secondary N) is 1. The summed E-state index contributed by atoms with van der Waals surface area (Å²) in [5, 5.41) is 12.1. The van der Waals surface area contributed by atoms with Gasteiger partial charge in [-0.3, -0.25) is 24.1 Å². The number of fused-ring (bicyclic) bond motifs is 8. The van der Waals surface area contributed by atoms with Crippen molar-refractivity contribution >= 4 is 85.9 Å². The van der Waals surface area contributed by atoms with Gasteiger partial charge < -0.3 is 27.8 Å². The Hall–Kier alpha value is -4.87. The van der Waals surface area contributed by atoms with Crippen LogP contribution in [0.15, 0.2) is 43.5 Å². The Morgan fingerprint density at radius 2 is 1.52 bits per heavy atom. The number of thioether (sulfide) groups is 1. The van der Waals surface area contributed by atoms with E-state index in [0.717, 1.165) is 67.0 Å². The van der Waals surface area contributed by atoms with Crippen LogP contribution in [0, 0.1) is 21.3 Å². The van der Waals surface area contributed by atoms with Gasteiger partial charge in [0.1, 0.15) is 0 Å². The Bertz CT molecular complexity index is 2350. The van der Waals surface area contributed by atoms with Gasteiger partial charge in [0, 0.05) is 57.4 Å². The largest absolute Gasteiger partial charge is 0.657 e. The molecule has 56 heavy (non-hydrogen) atoms. The maximum absolute atomic E-state index is 13.2. The minimum Gasteiger partial charge on any atom is -0.657 e. The Labute approximate surface area is 345 Å². The minimum absolute atomic E-state index is 0. The third kappa shape index (κ3) is 8.74. The average Bonchev–Trinajstić information content (AvgIpc) is 3.85. The van der Waals surface area contributed by atoms with Gasteiger partial charge in [-0.2, -0.15) is 0 Å². The summed E-state index contributed by atoms with van der Waals surface area (Å²) in [4.78, 5) is 71.2. The maximum Gasteiger partial charge on any atom is 0.303 e. The molecule has 6 heterocycles. The molecule has 6 rings (SSSR count). The van der Waals surface area contributed by atoms with Gasteiger partial charge in [0.2, 0.25) is 17.7 Å². The van der Waals surface area contributed by atoms with Crippen LogP contribution >= 0.6 is 11.8 Å². The summed E-state index contributed by atoms with van der Waals surface area (Å²) < 4.78 is 0. The first kappa shape index (κ1) is 43.9. The summed E-state index contributed by atoms with van der Waals surface area (Å²) in [5.41, 5.74) is 12.6. The topological polar surface area (TPSA) is 158 Å². The van der Waals surface area contributed by atoms with E-state index in [1.165, 1.54) is 16.7 Å². The molecule has 3 amide bonds. The molecule has 0 saturated carbocycles. The number of aliphatic carboxylic acids is 1. The van der Waals surface area contributed by atoms with E-state index in [9.17, 15) is 24.3 Å². The summed E-state index contributed by atoms with van der Waals surface area (Å²) in [5.74, 6) is -0.793. The van der Waals surface area contributed by atoms with Crippen LogP contribution in [0.25, 0.3) is 50.4 Å². The van der Waals surface area contributed by atoms with Gasteiger partial charge in [-0.25, -0.2) is 9.97 Å². The van der Waals surface area contributed by atoms with Crippen LogP contribution in [0.3, 0.4) is 0 Å². The average molecular weight is 825 g/mol. The molecule has 1 saturated heterocycles. The van der Waals surface area contributed by atoms with Gasteiger partial charge in [0.05, 0.1) is 28.0 Å². The van der Waals surface area contributed by atoms with Gasteiger partial charge in [-0.05, 0) is 68.6 Å². The van der Waals surface area contributed by atoms with E-state index < -0.39 is 5.97 Å². The van der Waals surface area contributed by atoms with E-state index in [4.69, 9.17) is 19.9 Å². The van der Waals surface area contributed by atoms with E-state index >= 15 is 0 Å². The molecule has 290 valence electrons. The molecule has 0 aliphatic carbocycles. The fraction of sp³-hybridized carbons (Fsp3) is 0.326. The minimum atomic E-state index is -0.909. The van der Waals surface area contributed by atoms with Gasteiger partial charge in [-0.1, -0.05) is 73.2 Å². The summed E-state index contributed by atoms with van der Waals surface area (Å²) in [6.45, 7) is 18.3. The number of carbonyl (C=O) groups is 4. The van der Waals surface area contributed by atoms with Gasteiger partial charge in [0.25, 0.3) is 0 Å². The van der Waals surface area contributed by atoms with E-state index in [2.05, 4.69) is 18.5 Å². The van der Waals surface area contributed by atoms with Crippen LogP contribution < -0.4 is 15.3 Å². The summed E-state index contributed by atoms with van der Waals surface area (Å²) in [7, 11) is 0. The third-order valence-corrected chi connectivity index (χ3v) is 11.4. The van der Waals surface area contributed by atoms with Crippen molar-refractivity contribution in [1.82, 2.24) is 30.2 Å². The maximum atomic E-state index is 13.2. The zero-order chi connectivity index (χ0) is 38.8. The molecule has 1 fully saturated rings. The number of hydrogen-bond acceptors (Lipinski definition) is 7. The molecule has 2 N–H and O–H groups in total. The van der Waals surface area contributed by atoms with E-state index in [1.807, 2.05) is 58.9 Å². The van der Waals surface area contributed by atoms with Crippen molar-refractivity contribution in [2.75, 3.05) is 18.8 Å². The fourth-order valence-electron chi connectivity index (χ4n) is 7.23. The standard InChI is InChI=1S/C42H46N6O5S.CH3.Zn/c1-8-26-22(4)30-17-31-25(7)29(12-14-41(51)52)37(46-31)20-36-28(11-13-39(49)43-15-16-48-40(50)21-38(42(48)53)54-10-3)24(6)33(47-36)19-35-27(9-2)23(5)32(45-35)18-34(26)44-30;;/h8-9,17-20,38H,1-2,10-16,21H2,3-7H3,(H4,43,44,45,46,47,49,51,52);1H3;/q;-1;/p-2. The monoisotopic (exact) mass is 823 g/mol. The molecular weight excluding hydrogens is 778 g/mol. The van der Waals surface area contributed by atoms with Crippen molar-refractivity contribution < 1.29 is 43.8 Å². The van der Waals surface area contributed by atoms with Crippen LogP contribution in [0.2, 0.25) is 0 Å². The molecule has 8 bridgehead atoms. The molecule has 11 nitrogen and oxygen atoms in total. The summed E-state index contributed by atoms with van der Waals surface area (Å²) in [6.07, 6.45) is 4.47. The Kier molecular flexibility index (Phi) is 14.4.